The number of ether oxygens (including phenoxy) is 1. The lowest BCUT2D eigenvalue weighted by atomic mass is 9.90. The number of hydrogen-bond acceptors (Lipinski definition) is 7. The van der Waals surface area contributed by atoms with Gasteiger partial charge in [-0.05, 0) is 98.9 Å². The van der Waals surface area contributed by atoms with Crippen LogP contribution in [0.3, 0.4) is 0 Å². The largest absolute Gasteiger partial charge is 0.508 e. The Labute approximate surface area is 265 Å². The van der Waals surface area contributed by atoms with Crippen LogP contribution in [0.15, 0.2) is 79.3 Å². The fourth-order valence-corrected chi connectivity index (χ4v) is 5.90. The number of nitrogens with zero attached hydrogens (tertiary/aromatic N) is 3. The third-order valence-corrected chi connectivity index (χ3v) is 8.09. The molecule has 0 aliphatic heterocycles. The number of H-pyrrole nitrogens is 1. The molecule has 1 fully saturated rings. The molecule has 6 rings (SSSR count). The molecule has 0 radical (unpaired) electrons. The van der Waals surface area contributed by atoms with Crippen LogP contribution in [0.4, 0.5) is 4.39 Å². The normalized spacial score (nSPS) is 16.3. The average Bonchev–Trinajstić information content (AvgIpc) is 3.52. The van der Waals surface area contributed by atoms with Crippen molar-refractivity contribution in [1.29, 1.82) is 0 Å². The van der Waals surface area contributed by atoms with Crippen LogP contribution in [0.25, 0.3) is 22.2 Å². The Kier molecular flexibility index (Phi) is 8.93. The van der Waals surface area contributed by atoms with Gasteiger partial charge in [0.1, 0.15) is 28.4 Å². The molecule has 1 aliphatic rings. The smallest absolute Gasteiger partial charge is 0.257 e. The lowest BCUT2D eigenvalue weighted by Gasteiger charge is -2.29. The second-order valence-electron chi connectivity index (χ2n) is 11.8. The molecule has 46 heavy (non-hydrogen) atoms. The van der Waals surface area contributed by atoms with Crippen molar-refractivity contribution in [2.45, 2.75) is 44.3 Å². The van der Waals surface area contributed by atoms with Gasteiger partial charge in [0.25, 0.3) is 11.8 Å². The summed E-state index contributed by atoms with van der Waals surface area (Å²) >= 11 is 0. The van der Waals surface area contributed by atoms with Crippen LogP contribution in [-0.2, 0) is 6.54 Å². The molecule has 2 heterocycles. The summed E-state index contributed by atoms with van der Waals surface area (Å²) in [6.45, 7) is 0.620. The number of phenolic OH excluding ortho intramolecular Hbond substituents is 1. The van der Waals surface area contributed by atoms with Crippen LogP contribution in [0, 0.1) is 5.82 Å². The summed E-state index contributed by atoms with van der Waals surface area (Å²) in [7, 11) is 3.90. The summed E-state index contributed by atoms with van der Waals surface area (Å²) in [5.74, 6) is -0.716. The summed E-state index contributed by atoms with van der Waals surface area (Å²) in [5, 5.41) is 16.1. The molecular weight excluding hydrogens is 587 g/mol. The van der Waals surface area contributed by atoms with E-state index in [-0.39, 0.29) is 35.2 Å². The van der Waals surface area contributed by atoms with Crippen molar-refractivity contribution in [2.75, 3.05) is 14.1 Å². The number of benzene rings is 3. The molecule has 2 amide bonds. The van der Waals surface area contributed by atoms with E-state index in [1.165, 1.54) is 0 Å². The molecule has 0 atom stereocenters. The maximum atomic E-state index is 14.3. The van der Waals surface area contributed by atoms with Crippen molar-refractivity contribution >= 4 is 22.8 Å². The van der Waals surface area contributed by atoms with Crippen molar-refractivity contribution in [3.8, 4) is 28.5 Å². The zero-order valence-corrected chi connectivity index (χ0v) is 25.6. The third kappa shape index (κ3) is 7.00. The molecular formula is C35H35FN6O4. The fourth-order valence-electron chi connectivity index (χ4n) is 5.90. The quantitative estimate of drug-likeness (QED) is 0.164. The maximum Gasteiger partial charge on any atom is 0.257 e. The van der Waals surface area contributed by atoms with Gasteiger partial charge in [0.2, 0.25) is 5.88 Å². The number of fused-ring (bicyclic) bond motifs is 1. The molecule has 1 aliphatic carbocycles. The van der Waals surface area contributed by atoms with Gasteiger partial charge in [0.15, 0.2) is 0 Å². The number of carbonyl (C=O) groups excluding carboxylic acids is 2. The molecule has 10 nitrogen and oxygen atoms in total. The van der Waals surface area contributed by atoms with Gasteiger partial charge in [-0.2, -0.15) is 0 Å². The summed E-state index contributed by atoms with van der Waals surface area (Å²) in [4.78, 5) is 39.7. The maximum absolute atomic E-state index is 14.3. The first-order valence-corrected chi connectivity index (χ1v) is 15.2. The minimum absolute atomic E-state index is 0.00847. The Bertz CT molecular complexity index is 1880. The highest BCUT2D eigenvalue weighted by Gasteiger charge is 2.26. The zero-order chi connectivity index (χ0) is 32.2. The van der Waals surface area contributed by atoms with E-state index in [0.717, 1.165) is 34.5 Å². The number of phenols is 1. The number of imidazole rings is 1. The third-order valence-electron chi connectivity index (χ3n) is 8.09. The molecule has 2 aromatic heterocycles. The number of aromatic hydroxyl groups is 1. The van der Waals surface area contributed by atoms with Gasteiger partial charge in [-0.15, -0.1) is 0 Å². The van der Waals surface area contributed by atoms with Gasteiger partial charge in [0, 0.05) is 18.6 Å². The van der Waals surface area contributed by atoms with Gasteiger partial charge < -0.3 is 30.4 Å². The molecule has 3 aromatic carbocycles. The number of aromatic nitrogens is 3. The first-order chi connectivity index (χ1) is 22.2. The predicted octanol–water partition coefficient (Wildman–Crippen LogP) is 5.79. The van der Waals surface area contributed by atoms with Crippen LogP contribution in [-0.4, -0.2) is 63.0 Å². The van der Waals surface area contributed by atoms with Crippen molar-refractivity contribution in [3.05, 3.63) is 102 Å². The molecule has 0 spiro atoms. The lowest BCUT2D eigenvalue weighted by Crippen LogP contribution is -2.44. The van der Waals surface area contributed by atoms with Crippen molar-refractivity contribution in [1.82, 2.24) is 30.5 Å². The first kappa shape index (κ1) is 30.7. The minimum Gasteiger partial charge on any atom is -0.508 e. The molecule has 1 saturated carbocycles. The van der Waals surface area contributed by atoms with Crippen LogP contribution < -0.4 is 15.4 Å². The van der Waals surface area contributed by atoms with Crippen molar-refractivity contribution in [3.63, 3.8) is 0 Å². The van der Waals surface area contributed by atoms with Gasteiger partial charge in [-0.3, -0.25) is 9.59 Å². The summed E-state index contributed by atoms with van der Waals surface area (Å²) in [6.07, 6.45) is 5.23. The van der Waals surface area contributed by atoms with E-state index in [2.05, 4.69) is 25.6 Å². The van der Waals surface area contributed by atoms with E-state index in [0.29, 0.717) is 49.1 Å². The SMILES string of the molecule is CN(C)Cc1cc(O)ccc1-c1cccc(Oc2ncc(F)cc2C(=O)NC2CCC(NC(=O)c3cccc4[nH]cnc34)CC2)c1. The van der Waals surface area contributed by atoms with E-state index >= 15 is 0 Å². The standard InChI is InChI=1S/C35H35FN6O4/c1-42(2)19-22-15-26(43)13-14-28(22)21-5-3-6-27(16-21)46-35-30(17-23(36)18-37-35)34(45)41-25-11-9-24(10-12-25)40-33(44)29-7-4-8-31-32(29)39-20-38-31/h3-8,13-18,20,24-25,43H,9-12,19H2,1-2H3,(H,38,39)(H,40,44)(H,41,45). The molecule has 0 saturated heterocycles. The van der Waals surface area contributed by atoms with E-state index in [1.54, 1.807) is 30.6 Å². The van der Waals surface area contributed by atoms with Crippen LogP contribution in [0.2, 0.25) is 0 Å². The number of hydrogen-bond donors (Lipinski definition) is 4. The Morgan fingerprint density at radius 3 is 2.39 bits per heavy atom. The molecule has 0 bridgehead atoms. The van der Waals surface area contributed by atoms with Crippen molar-refractivity contribution in [2.24, 2.45) is 0 Å². The number of nitrogens with one attached hydrogen (secondary N) is 3. The number of amides is 2. The van der Waals surface area contributed by atoms with Crippen LogP contribution in [0.5, 0.6) is 17.4 Å². The number of pyridine rings is 1. The van der Waals surface area contributed by atoms with E-state index in [9.17, 15) is 19.1 Å². The Morgan fingerprint density at radius 1 is 0.935 bits per heavy atom. The second kappa shape index (κ2) is 13.4. The number of para-hydroxylation sites is 1. The topological polar surface area (TPSA) is 132 Å². The van der Waals surface area contributed by atoms with Crippen LogP contribution in [0.1, 0.15) is 52.0 Å². The number of rotatable bonds is 9. The Hall–Kier alpha value is -5.29. The Morgan fingerprint density at radius 2 is 1.65 bits per heavy atom. The summed E-state index contributed by atoms with van der Waals surface area (Å²) in [6, 6.07) is 18.9. The number of aromatic amines is 1. The Balaban J connectivity index is 1.11. The highest BCUT2D eigenvalue weighted by Crippen LogP contribution is 2.32. The second-order valence-corrected chi connectivity index (χ2v) is 11.8. The first-order valence-electron chi connectivity index (χ1n) is 15.2. The van der Waals surface area contributed by atoms with Gasteiger partial charge >= 0.3 is 0 Å². The number of halogens is 1. The fraction of sp³-hybridized carbons (Fsp3) is 0.257. The van der Waals surface area contributed by atoms with Crippen LogP contribution >= 0.6 is 0 Å². The summed E-state index contributed by atoms with van der Waals surface area (Å²) < 4.78 is 20.4. The van der Waals surface area contributed by atoms with E-state index in [4.69, 9.17) is 4.74 Å². The van der Waals surface area contributed by atoms with E-state index in [1.807, 2.05) is 55.4 Å². The molecule has 4 N–H and O–H groups in total. The van der Waals surface area contributed by atoms with Crippen molar-refractivity contribution < 1.29 is 23.8 Å². The number of carbonyl (C=O) groups is 2. The average molecular weight is 623 g/mol. The minimum atomic E-state index is -0.651. The molecule has 236 valence electrons. The highest BCUT2D eigenvalue weighted by atomic mass is 19.1. The monoisotopic (exact) mass is 622 g/mol. The van der Waals surface area contributed by atoms with Gasteiger partial charge in [-0.25, -0.2) is 14.4 Å². The zero-order valence-electron chi connectivity index (χ0n) is 25.6. The summed E-state index contributed by atoms with van der Waals surface area (Å²) in [5.41, 5.74) is 4.65. The molecule has 0 unspecified atom stereocenters. The van der Waals surface area contributed by atoms with Gasteiger partial charge in [0.05, 0.1) is 23.6 Å². The lowest BCUT2D eigenvalue weighted by molar-refractivity contribution is 0.0890. The van der Waals surface area contributed by atoms with Gasteiger partial charge in [-0.1, -0.05) is 24.3 Å². The molecule has 11 heteroatoms. The predicted molar refractivity (Wildman–Crippen MR) is 172 cm³/mol. The molecule has 5 aromatic rings. The highest BCUT2D eigenvalue weighted by molar-refractivity contribution is 6.04. The van der Waals surface area contributed by atoms with E-state index < -0.39 is 11.7 Å².